The van der Waals surface area contributed by atoms with Gasteiger partial charge in [-0.05, 0) is 13.8 Å². The van der Waals surface area contributed by atoms with Crippen molar-refractivity contribution >= 4 is 17.6 Å². The number of aromatic nitrogens is 2. The van der Waals surface area contributed by atoms with E-state index >= 15 is 0 Å². The van der Waals surface area contributed by atoms with Gasteiger partial charge in [0, 0.05) is 23.6 Å². The Morgan fingerprint density at radius 3 is 2.54 bits per heavy atom. The Hall–Kier alpha value is -1.16. The number of rotatable bonds is 2. The Kier molecular flexibility index (Phi) is 2.83. The molecule has 0 aliphatic heterocycles. The number of aryl methyl sites for hydroxylation is 2. The summed E-state index contributed by atoms with van der Waals surface area (Å²) in [5, 5.41) is 10.5. The third-order valence-electron chi connectivity index (χ3n) is 1.60. The van der Waals surface area contributed by atoms with Crippen LogP contribution < -0.4 is 5.11 Å². The molecule has 0 saturated heterocycles. The summed E-state index contributed by atoms with van der Waals surface area (Å²) in [6, 6.07) is 0. The molecule has 0 amide bonds. The van der Waals surface area contributed by atoms with Crippen molar-refractivity contribution in [2.24, 2.45) is 0 Å². The predicted molar refractivity (Wildman–Crippen MR) is 45.2 cm³/mol. The quantitative estimate of drug-likeness (QED) is 0.631. The van der Waals surface area contributed by atoms with E-state index in [2.05, 4.69) is 9.97 Å². The lowest BCUT2D eigenvalue weighted by molar-refractivity contribution is -0.304. The average Bonchev–Trinajstić information content (AvgIpc) is 1.96. The normalized spacial score (nSPS) is 10.1. The highest BCUT2D eigenvalue weighted by molar-refractivity contribution is 6.30. The fourth-order valence-electron chi connectivity index (χ4n) is 1.04. The minimum atomic E-state index is -1.18. The van der Waals surface area contributed by atoms with E-state index in [1.54, 1.807) is 13.8 Å². The maximum atomic E-state index is 10.3. The Balaban J connectivity index is 3.13. The van der Waals surface area contributed by atoms with Gasteiger partial charge in [-0.1, -0.05) is 11.6 Å². The summed E-state index contributed by atoms with van der Waals surface area (Å²) < 4.78 is 0. The van der Waals surface area contributed by atoms with Gasteiger partial charge in [0.05, 0.1) is 0 Å². The van der Waals surface area contributed by atoms with Gasteiger partial charge in [0.25, 0.3) is 0 Å². The van der Waals surface area contributed by atoms with Crippen LogP contribution in [0.15, 0.2) is 0 Å². The third-order valence-corrected chi connectivity index (χ3v) is 1.91. The van der Waals surface area contributed by atoms with Crippen LogP contribution in [0.3, 0.4) is 0 Å². The van der Waals surface area contributed by atoms with E-state index in [1.165, 1.54) is 0 Å². The van der Waals surface area contributed by atoms with Gasteiger partial charge in [0.2, 0.25) is 0 Å². The topological polar surface area (TPSA) is 65.9 Å². The second-order valence-electron chi connectivity index (χ2n) is 2.67. The van der Waals surface area contributed by atoms with Crippen molar-refractivity contribution in [2.75, 3.05) is 0 Å². The second kappa shape index (κ2) is 3.70. The zero-order valence-electron chi connectivity index (χ0n) is 7.30. The van der Waals surface area contributed by atoms with Crippen LogP contribution >= 0.6 is 11.6 Å². The van der Waals surface area contributed by atoms with Crippen LogP contribution in [0.4, 0.5) is 0 Å². The van der Waals surface area contributed by atoms with Gasteiger partial charge in [-0.15, -0.1) is 0 Å². The van der Waals surface area contributed by atoms with Crippen LogP contribution in [0.1, 0.15) is 17.1 Å². The van der Waals surface area contributed by atoms with Crippen LogP contribution in [0, 0.1) is 13.8 Å². The molecule has 0 atom stereocenters. The fraction of sp³-hybridized carbons (Fsp3) is 0.375. The fourth-order valence-corrected chi connectivity index (χ4v) is 1.37. The number of hydrogen-bond acceptors (Lipinski definition) is 4. The molecule has 0 aliphatic rings. The number of carboxylic acid groups (broad SMARTS) is 1. The lowest BCUT2D eigenvalue weighted by Gasteiger charge is -2.07. The van der Waals surface area contributed by atoms with E-state index < -0.39 is 5.97 Å². The van der Waals surface area contributed by atoms with Gasteiger partial charge >= 0.3 is 0 Å². The van der Waals surface area contributed by atoms with E-state index in [0.717, 1.165) is 0 Å². The lowest BCUT2D eigenvalue weighted by Crippen LogP contribution is -2.25. The summed E-state index contributed by atoms with van der Waals surface area (Å²) in [7, 11) is 0. The standard InChI is InChI=1S/C8H9ClN2O2/c1-4-6(3-7(12)13)8(9)11-5(2)10-4/h3H2,1-2H3,(H,12,13)/p-1. The van der Waals surface area contributed by atoms with Crippen LogP contribution in [0.5, 0.6) is 0 Å². The monoisotopic (exact) mass is 199 g/mol. The molecule has 1 aromatic rings. The molecule has 1 rings (SSSR count). The lowest BCUT2D eigenvalue weighted by atomic mass is 10.2. The Bertz CT molecular complexity index is 329. The summed E-state index contributed by atoms with van der Waals surface area (Å²) in [5.74, 6) is -0.651. The number of nitrogens with zero attached hydrogens (tertiary/aromatic N) is 2. The molecular formula is C8H8ClN2O2-. The molecule has 13 heavy (non-hydrogen) atoms. The van der Waals surface area contributed by atoms with Gasteiger partial charge < -0.3 is 9.90 Å². The smallest absolute Gasteiger partial charge is 0.136 e. The molecule has 0 N–H and O–H groups in total. The molecule has 0 saturated carbocycles. The molecule has 0 bridgehead atoms. The van der Waals surface area contributed by atoms with Crippen molar-refractivity contribution in [1.82, 2.24) is 9.97 Å². The third kappa shape index (κ3) is 2.39. The van der Waals surface area contributed by atoms with Gasteiger partial charge in [-0.25, -0.2) is 9.97 Å². The number of carbonyl (C=O) groups is 1. The SMILES string of the molecule is Cc1nc(C)c(CC(=O)[O-])c(Cl)n1. The first kappa shape index (κ1) is 9.92. The Morgan fingerprint density at radius 2 is 2.08 bits per heavy atom. The molecule has 0 aliphatic carbocycles. The zero-order valence-corrected chi connectivity index (χ0v) is 8.05. The summed E-state index contributed by atoms with van der Waals surface area (Å²) in [5.41, 5.74) is 1.01. The first-order valence-electron chi connectivity index (χ1n) is 3.70. The molecule has 0 spiro atoms. The van der Waals surface area contributed by atoms with Crippen LogP contribution in [-0.4, -0.2) is 15.9 Å². The molecular weight excluding hydrogens is 192 g/mol. The molecule has 70 valence electrons. The van der Waals surface area contributed by atoms with Crippen molar-refractivity contribution in [3.05, 3.63) is 22.2 Å². The van der Waals surface area contributed by atoms with E-state index in [4.69, 9.17) is 11.6 Å². The van der Waals surface area contributed by atoms with Gasteiger partial charge in [0.15, 0.2) is 0 Å². The van der Waals surface area contributed by atoms with Crippen molar-refractivity contribution in [3.63, 3.8) is 0 Å². The van der Waals surface area contributed by atoms with Crippen LogP contribution in [0.2, 0.25) is 5.15 Å². The second-order valence-corrected chi connectivity index (χ2v) is 3.03. The van der Waals surface area contributed by atoms with Gasteiger partial charge in [0.1, 0.15) is 11.0 Å². The Morgan fingerprint density at radius 1 is 1.46 bits per heavy atom. The number of halogens is 1. The molecule has 0 aromatic carbocycles. The maximum absolute atomic E-state index is 10.3. The van der Waals surface area contributed by atoms with Crippen LogP contribution in [-0.2, 0) is 11.2 Å². The van der Waals surface area contributed by atoms with Crippen molar-refractivity contribution in [3.8, 4) is 0 Å². The summed E-state index contributed by atoms with van der Waals surface area (Å²) in [6.07, 6.45) is -0.245. The maximum Gasteiger partial charge on any atom is 0.136 e. The number of carbonyl (C=O) groups excluding carboxylic acids is 1. The molecule has 1 heterocycles. The summed E-state index contributed by atoms with van der Waals surface area (Å²) >= 11 is 5.74. The minimum Gasteiger partial charge on any atom is -0.550 e. The summed E-state index contributed by atoms with van der Waals surface area (Å²) in [4.78, 5) is 18.2. The highest BCUT2D eigenvalue weighted by atomic mass is 35.5. The molecule has 0 fully saturated rings. The van der Waals surface area contributed by atoms with Crippen molar-refractivity contribution < 1.29 is 9.90 Å². The predicted octanol–water partition coefficient (Wildman–Crippen LogP) is 0.0392. The first-order chi connectivity index (χ1) is 6.00. The van der Waals surface area contributed by atoms with Gasteiger partial charge in [-0.3, -0.25) is 0 Å². The van der Waals surface area contributed by atoms with Crippen LogP contribution in [0.25, 0.3) is 0 Å². The van der Waals surface area contributed by atoms with E-state index in [-0.39, 0.29) is 11.6 Å². The number of aliphatic carboxylic acids is 1. The minimum absolute atomic E-state index is 0.189. The Labute approximate surface area is 80.6 Å². The van der Waals surface area contributed by atoms with E-state index in [9.17, 15) is 9.90 Å². The van der Waals surface area contributed by atoms with Crippen molar-refractivity contribution in [2.45, 2.75) is 20.3 Å². The van der Waals surface area contributed by atoms with E-state index in [0.29, 0.717) is 17.1 Å². The number of hydrogen-bond donors (Lipinski definition) is 0. The molecule has 0 unspecified atom stereocenters. The zero-order chi connectivity index (χ0) is 10.0. The highest BCUT2D eigenvalue weighted by Crippen LogP contribution is 2.16. The van der Waals surface area contributed by atoms with E-state index in [1.807, 2.05) is 0 Å². The molecule has 4 nitrogen and oxygen atoms in total. The van der Waals surface area contributed by atoms with Crippen molar-refractivity contribution in [1.29, 1.82) is 0 Å². The first-order valence-corrected chi connectivity index (χ1v) is 4.08. The molecule has 0 radical (unpaired) electrons. The van der Waals surface area contributed by atoms with Gasteiger partial charge in [-0.2, -0.15) is 0 Å². The number of carboxylic acids is 1. The summed E-state index contributed by atoms with van der Waals surface area (Å²) in [6.45, 7) is 3.39. The molecule has 1 aromatic heterocycles. The molecule has 5 heteroatoms. The average molecular weight is 200 g/mol. The highest BCUT2D eigenvalue weighted by Gasteiger charge is 2.07. The largest absolute Gasteiger partial charge is 0.550 e.